The summed E-state index contributed by atoms with van der Waals surface area (Å²) in [6.45, 7) is 10.7. The van der Waals surface area contributed by atoms with Gasteiger partial charge in [-0.25, -0.2) is 4.90 Å². The molecule has 5 heteroatoms. The van der Waals surface area contributed by atoms with Gasteiger partial charge in [0.05, 0.1) is 17.9 Å². The van der Waals surface area contributed by atoms with Gasteiger partial charge in [-0.15, -0.1) is 0 Å². The highest BCUT2D eigenvalue weighted by atomic mass is 16.5. The van der Waals surface area contributed by atoms with Gasteiger partial charge in [0.15, 0.2) is 0 Å². The van der Waals surface area contributed by atoms with Crippen LogP contribution in [0.1, 0.15) is 48.9 Å². The molecule has 5 nitrogen and oxygen atoms in total. The van der Waals surface area contributed by atoms with Crippen LogP contribution >= 0.6 is 0 Å². The number of aryl methyl sites for hydroxylation is 2. The van der Waals surface area contributed by atoms with Crippen LogP contribution < -0.4 is 15.0 Å². The predicted octanol–water partition coefficient (Wildman–Crippen LogP) is 6.22. The van der Waals surface area contributed by atoms with E-state index in [2.05, 4.69) is 25.2 Å². The van der Waals surface area contributed by atoms with Crippen molar-refractivity contribution in [2.75, 3.05) is 16.8 Å². The summed E-state index contributed by atoms with van der Waals surface area (Å²) in [6, 6.07) is 20.9. The quantitative estimate of drug-likeness (QED) is 0.431. The van der Waals surface area contributed by atoms with E-state index in [1.165, 1.54) is 4.90 Å². The first-order valence-corrected chi connectivity index (χ1v) is 11.6. The highest BCUT2D eigenvalue weighted by Gasteiger charge is 2.40. The normalized spacial score (nSPS) is 13.8. The molecule has 0 radical (unpaired) electrons. The van der Waals surface area contributed by atoms with Crippen molar-refractivity contribution in [1.29, 1.82) is 0 Å². The molecule has 1 aliphatic heterocycles. The zero-order chi connectivity index (χ0) is 24.4. The second-order valence-corrected chi connectivity index (χ2v) is 8.90. The highest BCUT2D eigenvalue weighted by molar-refractivity contribution is 6.46. The van der Waals surface area contributed by atoms with Gasteiger partial charge in [0, 0.05) is 5.69 Å². The number of amides is 2. The monoisotopic (exact) mass is 454 g/mol. The smallest absolute Gasteiger partial charge is 0.282 e. The van der Waals surface area contributed by atoms with Gasteiger partial charge in [-0.3, -0.25) is 9.59 Å². The van der Waals surface area contributed by atoms with Gasteiger partial charge in [0.2, 0.25) is 0 Å². The molecule has 34 heavy (non-hydrogen) atoms. The van der Waals surface area contributed by atoms with Crippen LogP contribution in [-0.2, 0) is 9.59 Å². The van der Waals surface area contributed by atoms with Crippen LogP contribution in [0.15, 0.2) is 72.4 Å². The molecule has 1 heterocycles. The number of ether oxygens (including phenoxy) is 1. The molecule has 1 N–H and O–H groups in total. The van der Waals surface area contributed by atoms with E-state index in [0.29, 0.717) is 35.1 Å². The number of hydrogen-bond donors (Lipinski definition) is 1. The topological polar surface area (TPSA) is 58.6 Å². The Labute approximate surface area is 201 Å². The summed E-state index contributed by atoms with van der Waals surface area (Å²) in [4.78, 5) is 28.5. The van der Waals surface area contributed by atoms with Crippen LogP contribution in [0.3, 0.4) is 0 Å². The Morgan fingerprint density at radius 3 is 2.03 bits per heavy atom. The zero-order valence-corrected chi connectivity index (χ0v) is 20.3. The van der Waals surface area contributed by atoms with Gasteiger partial charge in [0.1, 0.15) is 11.4 Å². The fourth-order valence-corrected chi connectivity index (χ4v) is 4.23. The minimum Gasteiger partial charge on any atom is -0.494 e. The number of benzene rings is 3. The third-order valence-corrected chi connectivity index (χ3v) is 5.85. The highest BCUT2D eigenvalue weighted by Crippen LogP contribution is 2.35. The van der Waals surface area contributed by atoms with Crippen molar-refractivity contribution in [2.24, 2.45) is 0 Å². The number of carbonyl (C=O) groups excluding carboxylic acids is 2. The van der Waals surface area contributed by atoms with Crippen LogP contribution in [0.5, 0.6) is 5.75 Å². The molecule has 3 aromatic rings. The molecule has 0 aliphatic carbocycles. The van der Waals surface area contributed by atoms with Crippen LogP contribution in [-0.4, -0.2) is 18.4 Å². The summed E-state index contributed by atoms with van der Waals surface area (Å²) in [5.41, 5.74) is 5.90. The lowest BCUT2D eigenvalue weighted by molar-refractivity contribution is -0.120. The summed E-state index contributed by atoms with van der Waals surface area (Å²) in [5.74, 6) is 0.357. The van der Waals surface area contributed by atoms with E-state index in [1.807, 2.05) is 81.4 Å². The van der Waals surface area contributed by atoms with Crippen molar-refractivity contribution in [3.63, 3.8) is 0 Å². The lowest BCUT2D eigenvalue weighted by Gasteiger charge is -2.17. The molecule has 0 fully saturated rings. The summed E-state index contributed by atoms with van der Waals surface area (Å²) in [6.07, 6.45) is 0. The zero-order valence-electron chi connectivity index (χ0n) is 20.3. The molecule has 0 atom stereocenters. The lowest BCUT2D eigenvalue weighted by Crippen LogP contribution is -2.32. The summed E-state index contributed by atoms with van der Waals surface area (Å²) in [7, 11) is 0. The number of hydrogen-bond acceptors (Lipinski definition) is 4. The first kappa shape index (κ1) is 23.3. The van der Waals surface area contributed by atoms with E-state index >= 15 is 0 Å². The van der Waals surface area contributed by atoms with Crippen molar-refractivity contribution >= 4 is 28.8 Å². The molecule has 0 bridgehead atoms. The van der Waals surface area contributed by atoms with Gasteiger partial charge in [-0.05, 0) is 85.3 Å². The van der Waals surface area contributed by atoms with Gasteiger partial charge >= 0.3 is 0 Å². The average molecular weight is 455 g/mol. The molecule has 0 saturated carbocycles. The molecular formula is C29H30N2O3. The number of carbonyl (C=O) groups is 2. The molecule has 0 unspecified atom stereocenters. The molecule has 0 saturated heterocycles. The SMILES string of the molecule is CCOc1ccc(C2=C(Nc3cc(C)cc(C)c3)C(=O)N(c3ccc(C(C)C)cc3)C2=O)cc1. The van der Waals surface area contributed by atoms with E-state index in [4.69, 9.17) is 4.74 Å². The molecule has 0 aromatic heterocycles. The van der Waals surface area contributed by atoms with E-state index in [1.54, 1.807) is 0 Å². The maximum absolute atomic E-state index is 13.7. The van der Waals surface area contributed by atoms with Crippen molar-refractivity contribution in [3.8, 4) is 5.75 Å². The maximum atomic E-state index is 13.7. The second-order valence-electron chi connectivity index (χ2n) is 8.90. The standard InChI is InChI=1S/C29H30N2O3/c1-6-34-25-13-9-22(10-14-25)26-27(30-23-16-19(4)15-20(5)17-23)29(33)31(28(26)32)24-11-7-21(8-12-24)18(2)3/h7-18,30H,6H2,1-5H3. The number of imide groups is 1. The van der Waals surface area contributed by atoms with Crippen molar-refractivity contribution < 1.29 is 14.3 Å². The number of nitrogens with zero attached hydrogens (tertiary/aromatic N) is 1. The molecular weight excluding hydrogens is 424 g/mol. The number of nitrogens with one attached hydrogen (secondary N) is 1. The van der Waals surface area contributed by atoms with E-state index in [-0.39, 0.29) is 17.5 Å². The maximum Gasteiger partial charge on any atom is 0.282 e. The first-order valence-electron chi connectivity index (χ1n) is 11.6. The van der Waals surface area contributed by atoms with Crippen LogP contribution in [0.4, 0.5) is 11.4 Å². The Balaban J connectivity index is 1.78. The Morgan fingerprint density at radius 2 is 1.47 bits per heavy atom. The summed E-state index contributed by atoms with van der Waals surface area (Å²) >= 11 is 0. The molecule has 1 aliphatic rings. The minimum absolute atomic E-state index is 0.270. The minimum atomic E-state index is -0.370. The third-order valence-electron chi connectivity index (χ3n) is 5.85. The van der Waals surface area contributed by atoms with E-state index in [0.717, 1.165) is 22.4 Å². The van der Waals surface area contributed by atoms with Gasteiger partial charge in [-0.1, -0.05) is 44.2 Å². The number of rotatable bonds is 7. The Morgan fingerprint density at radius 1 is 0.853 bits per heavy atom. The van der Waals surface area contributed by atoms with Gasteiger partial charge in [0.25, 0.3) is 11.8 Å². The van der Waals surface area contributed by atoms with Crippen molar-refractivity contribution in [1.82, 2.24) is 0 Å². The molecule has 4 rings (SSSR count). The Bertz CT molecular complexity index is 1240. The van der Waals surface area contributed by atoms with E-state index in [9.17, 15) is 9.59 Å². The van der Waals surface area contributed by atoms with Crippen LogP contribution in [0.25, 0.3) is 5.57 Å². The summed E-state index contributed by atoms with van der Waals surface area (Å²) in [5, 5.41) is 3.26. The van der Waals surface area contributed by atoms with Gasteiger partial charge in [-0.2, -0.15) is 0 Å². The van der Waals surface area contributed by atoms with Crippen molar-refractivity contribution in [3.05, 3.63) is 94.7 Å². The predicted molar refractivity (Wildman–Crippen MR) is 137 cm³/mol. The molecule has 2 amide bonds. The van der Waals surface area contributed by atoms with Crippen LogP contribution in [0, 0.1) is 13.8 Å². The summed E-state index contributed by atoms with van der Waals surface area (Å²) < 4.78 is 5.55. The van der Waals surface area contributed by atoms with Gasteiger partial charge < -0.3 is 10.1 Å². The first-order chi connectivity index (χ1) is 16.3. The largest absolute Gasteiger partial charge is 0.494 e. The fourth-order valence-electron chi connectivity index (χ4n) is 4.23. The van der Waals surface area contributed by atoms with E-state index < -0.39 is 0 Å². The second kappa shape index (κ2) is 9.56. The molecule has 174 valence electrons. The van der Waals surface area contributed by atoms with Crippen LogP contribution in [0.2, 0.25) is 0 Å². The molecule has 0 spiro atoms. The average Bonchev–Trinajstić information content (AvgIpc) is 3.03. The number of anilines is 2. The Kier molecular flexibility index (Phi) is 6.55. The third kappa shape index (κ3) is 4.60. The Hall–Kier alpha value is -3.86. The van der Waals surface area contributed by atoms with Crippen molar-refractivity contribution in [2.45, 2.75) is 40.5 Å². The molecule has 3 aromatic carbocycles. The fraction of sp³-hybridized carbons (Fsp3) is 0.241. The lowest BCUT2D eigenvalue weighted by atomic mass is 10.0.